The summed E-state index contributed by atoms with van der Waals surface area (Å²) in [6.45, 7) is 3.52. The molecule has 2 aromatic carbocycles. The average molecular weight is 458 g/mol. The molecule has 1 spiro atoms. The monoisotopic (exact) mass is 457 g/mol. The lowest BCUT2D eigenvalue weighted by Gasteiger charge is -2.66. The van der Waals surface area contributed by atoms with Crippen LogP contribution in [0.5, 0.6) is 11.5 Å². The quantitative estimate of drug-likeness (QED) is 0.484. The van der Waals surface area contributed by atoms with Gasteiger partial charge in [0.15, 0.2) is 22.9 Å². The van der Waals surface area contributed by atoms with Gasteiger partial charge in [0.05, 0.1) is 11.0 Å². The first-order valence-corrected chi connectivity index (χ1v) is 12.4. The SMILES string of the molecule is C#COc1ccc2c3c1O[C@@]1(C)C(=O)CC[C@@]4(OCCCc5ccccc5)C(C2)N(C)CC[C@]314. The lowest BCUT2D eigenvalue weighted by Crippen LogP contribution is -2.80. The second-order valence-corrected chi connectivity index (χ2v) is 10.4. The molecule has 2 aliphatic carbocycles. The van der Waals surface area contributed by atoms with Gasteiger partial charge in [-0.05, 0) is 69.8 Å². The van der Waals surface area contributed by atoms with Gasteiger partial charge in [-0.2, -0.15) is 0 Å². The zero-order valence-corrected chi connectivity index (χ0v) is 19.9. The van der Waals surface area contributed by atoms with Gasteiger partial charge in [-0.15, -0.1) is 0 Å². The maximum Gasteiger partial charge on any atom is 0.182 e. The molecule has 0 N–H and O–H groups in total. The summed E-state index contributed by atoms with van der Waals surface area (Å²) in [6.07, 6.45) is 12.5. The second-order valence-electron chi connectivity index (χ2n) is 10.4. The average Bonchev–Trinajstić information content (AvgIpc) is 3.13. The van der Waals surface area contributed by atoms with E-state index in [2.05, 4.69) is 48.4 Å². The van der Waals surface area contributed by atoms with Gasteiger partial charge < -0.3 is 19.1 Å². The van der Waals surface area contributed by atoms with E-state index in [1.165, 1.54) is 11.1 Å². The first-order valence-electron chi connectivity index (χ1n) is 12.4. The number of likely N-dealkylation sites (tertiary alicyclic amines) is 1. The predicted molar refractivity (Wildman–Crippen MR) is 129 cm³/mol. The molecule has 2 aromatic rings. The highest BCUT2D eigenvalue weighted by Crippen LogP contribution is 2.69. The smallest absolute Gasteiger partial charge is 0.182 e. The predicted octanol–water partition coefficient (Wildman–Crippen LogP) is 4.06. The summed E-state index contributed by atoms with van der Waals surface area (Å²) in [4.78, 5) is 16.0. The summed E-state index contributed by atoms with van der Waals surface area (Å²) in [5, 5.41) is 0. The van der Waals surface area contributed by atoms with Gasteiger partial charge >= 0.3 is 0 Å². The Balaban J connectivity index is 1.44. The molecule has 2 fully saturated rings. The molecule has 5 nitrogen and oxygen atoms in total. The molecule has 0 aromatic heterocycles. The number of piperidine rings is 1. The number of hydrogen-bond donors (Lipinski definition) is 0. The van der Waals surface area contributed by atoms with E-state index in [0.717, 1.165) is 37.8 Å². The van der Waals surface area contributed by atoms with Gasteiger partial charge in [-0.25, -0.2) is 0 Å². The number of benzene rings is 2. The van der Waals surface area contributed by atoms with E-state index < -0.39 is 16.6 Å². The lowest BCUT2D eigenvalue weighted by molar-refractivity contribution is -0.228. The van der Waals surface area contributed by atoms with Crippen LogP contribution in [-0.4, -0.2) is 48.1 Å². The Hall–Kier alpha value is -2.81. The Morgan fingerprint density at radius 3 is 2.82 bits per heavy atom. The number of Topliss-reactive ketones (excluding diaryl/α,β-unsaturated/α-hetero) is 1. The van der Waals surface area contributed by atoms with Crippen molar-refractivity contribution in [2.75, 3.05) is 20.2 Å². The first-order chi connectivity index (χ1) is 16.5. The summed E-state index contributed by atoms with van der Waals surface area (Å²) < 4.78 is 19.2. The Morgan fingerprint density at radius 2 is 2.03 bits per heavy atom. The Labute approximate surface area is 201 Å². The van der Waals surface area contributed by atoms with E-state index >= 15 is 0 Å². The Bertz CT molecular complexity index is 1190. The summed E-state index contributed by atoms with van der Waals surface area (Å²) in [5.41, 5.74) is 1.61. The van der Waals surface area contributed by atoms with Crippen molar-refractivity contribution in [3.05, 3.63) is 59.2 Å². The van der Waals surface area contributed by atoms with Crippen molar-refractivity contribution in [2.45, 2.75) is 68.1 Å². The summed E-state index contributed by atoms with van der Waals surface area (Å²) in [5.74, 6) is 1.32. The number of carbonyl (C=O) groups is 1. The molecular formula is C29H31NO4. The number of aryl methyl sites for hydroxylation is 1. The molecule has 0 radical (unpaired) electrons. The number of likely N-dealkylation sites (N-methyl/N-ethyl adjacent to an activating group) is 1. The van der Waals surface area contributed by atoms with Gasteiger partial charge in [0, 0.05) is 24.6 Å². The molecule has 2 aliphatic heterocycles. The molecule has 2 heterocycles. The number of hydrogen-bond acceptors (Lipinski definition) is 5. The molecule has 1 saturated carbocycles. The molecular weight excluding hydrogens is 426 g/mol. The van der Waals surface area contributed by atoms with Crippen molar-refractivity contribution in [1.82, 2.24) is 4.90 Å². The summed E-state index contributed by atoms with van der Waals surface area (Å²) >= 11 is 0. The van der Waals surface area contributed by atoms with Crippen LogP contribution in [0.25, 0.3) is 0 Å². The second kappa shape index (κ2) is 7.60. The van der Waals surface area contributed by atoms with Crippen LogP contribution < -0.4 is 9.47 Å². The van der Waals surface area contributed by atoms with Crippen LogP contribution in [0, 0.1) is 12.5 Å². The van der Waals surface area contributed by atoms with E-state index in [9.17, 15) is 4.79 Å². The van der Waals surface area contributed by atoms with Gasteiger partial charge in [0.2, 0.25) is 0 Å². The number of ketones is 1. The molecule has 4 atom stereocenters. The van der Waals surface area contributed by atoms with E-state index in [0.29, 0.717) is 30.9 Å². The number of terminal acetylenes is 1. The zero-order valence-electron chi connectivity index (χ0n) is 19.9. The molecule has 0 amide bonds. The van der Waals surface area contributed by atoms with Crippen molar-refractivity contribution in [1.29, 1.82) is 0 Å². The Morgan fingerprint density at radius 1 is 1.21 bits per heavy atom. The summed E-state index contributed by atoms with van der Waals surface area (Å²) in [6, 6.07) is 14.7. The van der Waals surface area contributed by atoms with Crippen LogP contribution in [0.3, 0.4) is 0 Å². The first kappa shape index (κ1) is 21.7. The number of carbonyl (C=O) groups excluding carboxylic acids is 1. The molecule has 176 valence electrons. The fourth-order valence-electron chi connectivity index (χ4n) is 7.56. The standard InChI is InChI=1S/C29H31NO4/c1-4-32-22-13-12-21-19-23-29(33-18-8-11-20-9-6-5-7-10-20)15-14-24(31)27(2)28(29,16-17-30(23)3)25(21)26(22)34-27/h1,5-7,9-10,12-13,23H,8,11,14-19H2,2-3H3/t23?,27-,28-,29+/m0/s1. The van der Waals surface area contributed by atoms with E-state index in [4.69, 9.17) is 20.6 Å². The molecule has 1 unspecified atom stereocenters. The molecule has 6 rings (SSSR count). The van der Waals surface area contributed by atoms with Crippen molar-refractivity contribution in [3.63, 3.8) is 0 Å². The topological polar surface area (TPSA) is 48.0 Å². The zero-order chi connectivity index (χ0) is 23.6. The van der Waals surface area contributed by atoms with Crippen LogP contribution in [0.4, 0.5) is 0 Å². The molecule has 2 bridgehead atoms. The normalized spacial score (nSPS) is 33.1. The highest BCUT2D eigenvalue weighted by Gasteiger charge is 2.78. The number of ether oxygens (including phenoxy) is 3. The molecule has 1 saturated heterocycles. The third kappa shape index (κ3) is 2.61. The van der Waals surface area contributed by atoms with Crippen molar-refractivity contribution in [2.24, 2.45) is 0 Å². The number of nitrogens with zero attached hydrogens (tertiary/aromatic N) is 1. The third-order valence-electron chi connectivity index (χ3n) is 9.04. The molecule has 5 heteroatoms. The van der Waals surface area contributed by atoms with Gasteiger partial charge in [-0.1, -0.05) is 42.8 Å². The molecule has 34 heavy (non-hydrogen) atoms. The summed E-state index contributed by atoms with van der Waals surface area (Å²) in [7, 11) is 2.19. The van der Waals surface area contributed by atoms with Crippen LogP contribution in [0.15, 0.2) is 42.5 Å². The van der Waals surface area contributed by atoms with Crippen molar-refractivity contribution in [3.8, 4) is 24.0 Å². The van der Waals surface area contributed by atoms with Crippen LogP contribution in [0.2, 0.25) is 0 Å². The minimum Gasteiger partial charge on any atom is -0.474 e. The van der Waals surface area contributed by atoms with Crippen LogP contribution >= 0.6 is 0 Å². The van der Waals surface area contributed by atoms with Crippen LogP contribution in [-0.2, 0) is 27.8 Å². The van der Waals surface area contributed by atoms with Crippen molar-refractivity contribution >= 4 is 5.78 Å². The third-order valence-corrected chi connectivity index (χ3v) is 9.04. The molecule has 4 aliphatic rings. The Kier molecular flexibility index (Phi) is 4.85. The largest absolute Gasteiger partial charge is 0.474 e. The van der Waals surface area contributed by atoms with Crippen LogP contribution in [0.1, 0.15) is 49.3 Å². The maximum absolute atomic E-state index is 13.6. The van der Waals surface area contributed by atoms with Gasteiger partial charge in [-0.3, -0.25) is 4.79 Å². The fraction of sp³-hybridized carbons (Fsp3) is 0.483. The van der Waals surface area contributed by atoms with E-state index in [-0.39, 0.29) is 11.8 Å². The van der Waals surface area contributed by atoms with Gasteiger partial charge in [0.25, 0.3) is 0 Å². The minimum atomic E-state index is -0.990. The highest BCUT2D eigenvalue weighted by atomic mass is 16.5. The number of rotatable bonds is 6. The van der Waals surface area contributed by atoms with Crippen molar-refractivity contribution < 1.29 is 19.0 Å². The minimum absolute atomic E-state index is 0.148. The highest BCUT2D eigenvalue weighted by molar-refractivity contribution is 5.94. The fourth-order valence-corrected chi connectivity index (χ4v) is 7.56. The maximum atomic E-state index is 13.6. The van der Waals surface area contributed by atoms with Gasteiger partial charge in [0.1, 0.15) is 6.11 Å². The van der Waals surface area contributed by atoms with E-state index in [1.54, 1.807) is 0 Å². The lowest BCUT2D eigenvalue weighted by atomic mass is 9.45. The van der Waals surface area contributed by atoms with E-state index in [1.807, 2.05) is 19.1 Å².